The molecule has 212 valence electrons. The van der Waals surface area contributed by atoms with Crippen molar-refractivity contribution in [2.24, 2.45) is 0 Å². The van der Waals surface area contributed by atoms with Crippen molar-refractivity contribution in [3.63, 3.8) is 0 Å². The maximum Gasteiger partial charge on any atom is 0.407 e. The number of alkyl carbamates (subject to hydrolysis) is 1. The number of aryl methyl sites for hydroxylation is 1. The fraction of sp³-hybridized carbons (Fsp3) is 0.265. The summed E-state index contributed by atoms with van der Waals surface area (Å²) in [4.78, 5) is 32.6. The molecule has 0 radical (unpaired) electrons. The van der Waals surface area contributed by atoms with Gasteiger partial charge < -0.3 is 19.7 Å². The van der Waals surface area contributed by atoms with Crippen LogP contribution in [0.2, 0.25) is 0 Å². The molecule has 1 N–H and O–H groups in total. The SMILES string of the molecule is Cc1cc(N2CC3CC2CO3)cc(CNC(=O)OCC2c3ccccc3-c3ccccc32)c1Sc1ncccc1C=O. The number of amides is 1. The lowest BCUT2D eigenvalue weighted by atomic mass is 9.98. The van der Waals surface area contributed by atoms with Gasteiger partial charge >= 0.3 is 6.09 Å². The van der Waals surface area contributed by atoms with Gasteiger partial charge in [-0.1, -0.05) is 60.3 Å². The normalized spacial score (nSPS) is 18.5. The number of ether oxygens (including phenoxy) is 2. The first-order chi connectivity index (χ1) is 20.6. The van der Waals surface area contributed by atoms with E-state index in [1.54, 1.807) is 18.3 Å². The van der Waals surface area contributed by atoms with Crippen LogP contribution in [0.3, 0.4) is 0 Å². The number of pyridine rings is 1. The molecule has 2 aliphatic heterocycles. The van der Waals surface area contributed by atoms with Crippen molar-refractivity contribution in [1.82, 2.24) is 10.3 Å². The van der Waals surface area contributed by atoms with Gasteiger partial charge in [-0.25, -0.2) is 9.78 Å². The number of hydrogen-bond donors (Lipinski definition) is 1. The van der Waals surface area contributed by atoms with Gasteiger partial charge in [-0.05, 0) is 71.0 Å². The molecule has 3 heterocycles. The number of carbonyl (C=O) groups excluding carboxylic acids is 2. The van der Waals surface area contributed by atoms with E-state index in [1.807, 2.05) is 24.3 Å². The highest BCUT2D eigenvalue weighted by molar-refractivity contribution is 7.99. The van der Waals surface area contributed by atoms with Crippen LogP contribution in [0, 0.1) is 6.92 Å². The molecule has 3 aromatic carbocycles. The van der Waals surface area contributed by atoms with Crippen LogP contribution in [-0.4, -0.2) is 49.3 Å². The molecule has 2 saturated heterocycles. The first-order valence-corrected chi connectivity index (χ1v) is 15.1. The molecule has 2 fully saturated rings. The van der Waals surface area contributed by atoms with E-state index >= 15 is 0 Å². The topological polar surface area (TPSA) is 80.8 Å². The Bertz CT molecular complexity index is 1630. The standard InChI is InChI=1S/C34H31N3O4S/c1-21-13-24(37-17-26-15-25(37)19-40-26)14-23(32(21)42-33-22(18-38)7-6-12-35-33)16-36-34(39)41-20-31-29-10-4-2-8-27(29)28-9-3-5-11-30(28)31/h2-14,18,25-26,31H,15-17,19-20H2,1H3,(H,36,39). The van der Waals surface area contributed by atoms with Crippen LogP contribution in [0.5, 0.6) is 0 Å². The zero-order valence-electron chi connectivity index (χ0n) is 23.3. The molecule has 2 atom stereocenters. The molecule has 7 nitrogen and oxygen atoms in total. The molecule has 3 aliphatic rings. The fourth-order valence-corrected chi connectivity index (χ4v) is 7.50. The molecule has 1 aliphatic carbocycles. The van der Waals surface area contributed by atoms with Crippen molar-refractivity contribution in [3.05, 3.63) is 107 Å². The number of aromatic nitrogens is 1. The number of nitrogens with zero attached hydrogens (tertiary/aromatic N) is 2. The lowest BCUT2D eigenvalue weighted by Gasteiger charge is -2.30. The van der Waals surface area contributed by atoms with E-state index < -0.39 is 6.09 Å². The fourth-order valence-electron chi connectivity index (χ4n) is 6.48. The minimum absolute atomic E-state index is 0.00133. The van der Waals surface area contributed by atoms with E-state index in [-0.39, 0.29) is 25.2 Å². The number of hydrogen-bond acceptors (Lipinski definition) is 7. The number of rotatable bonds is 8. The van der Waals surface area contributed by atoms with Gasteiger partial charge in [0.05, 0.1) is 18.8 Å². The molecular formula is C34H31N3O4S. The largest absolute Gasteiger partial charge is 0.449 e. The molecule has 7 rings (SSSR count). The molecule has 0 spiro atoms. The van der Waals surface area contributed by atoms with Gasteiger partial charge in [0.2, 0.25) is 0 Å². The zero-order chi connectivity index (χ0) is 28.6. The summed E-state index contributed by atoms with van der Waals surface area (Å²) in [5, 5.41) is 3.64. The second-order valence-electron chi connectivity index (χ2n) is 11.0. The molecule has 0 saturated carbocycles. The molecule has 1 aromatic heterocycles. The second-order valence-corrected chi connectivity index (χ2v) is 12.0. The average Bonchev–Trinajstić information content (AvgIpc) is 3.74. The molecule has 4 aromatic rings. The zero-order valence-corrected chi connectivity index (χ0v) is 24.1. The summed E-state index contributed by atoms with van der Waals surface area (Å²) in [6, 6.07) is 24.8. The van der Waals surface area contributed by atoms with Gasteiger partial charge in [0.1, 0.15) is 11.6 Å². The van der Waals surface area contributed by atoms with Gasteiger partial charge in [0.25, 0.3) is 0 Å². The number of morpholine rings is 1. The Balaban J connectivity index is 1.11. The van der Waals surface area contributed by atoms with E-state index in [0.29, 0.717) is 16.6 Å². The van der Waals surface area contributed by atoms with E-state index in [2.05, 4.69) is 58.5 Å². The number of carbonyl (C=O) groups is 2. The van der Waals surface area contributed by atoms with Crippen molar-refractivity contribution in [1.29, 1.82) is 0 Å². The average molecular weight is 578 g/mol. The van der Waals surface area contributed by atoms with Crippen LogP contribution in [-0.2, 0) is 16.0 Å². The van der Waals surface area contributed by atoms with Crippen molar-refractivity contribution in [2.75, 3.05) is 24.7 Å². The molecule has 1 amide bonds. The predicted octanol–water partition coefficient (Wildman–Crippen LogP) is 6.37. The molecule has 2 unspecified atom stereocenters. The molecule has 8 heteroatoms. The number of nitrogens with one attached hydrogen (secondary N) is 1. The van der Waals surface area contributed by atoms with Gasteiger partial charge in [0.15, 0.2) is 6.29 Å². The lowest BCUT2D eigenvalue weighted by molar-refractivity contribution is 0.0991. The van der Waals surface area contributed by atoms with E-state index in [9.17, 15) is 9.59 Å². The second kappa shape index (κ2) is 11.3. The van der Waals surface area contributed by atoms with Gasteiger partial charge in [-0.15, -0.1) is 0 Å². The Kier molecular flexibility index (Phi) is 7.17. The van der Waals surface area contributed by atoms with Crippen LogP contribution >= 0.6 is 11.8 Å². The molecule has 42 heavy (non-hydrogen) atoms. The first-order valence-electron chi connectivity index (χ1n) is 14.3. The third-order valence-corrected chi connectivity index (χ3v) is 9.78. The van der Waals surface area contributed by atoms with Crippen molar-refractivity contribution >= 4 is 29.8 Å². The minimum atomic E-state index is -0.462. The summed E-state index contributed by atoms with van der Waals surface area (Å²) >= 11 is 1.45. The summed E-state index contributed by atoms with van der Waals surface area (Å²) < 4.78 is 11.6. The molecular weight excluding hydrogens is 546 g/mol. The summed E-state index contributed by atoms with van der Waals surface area (Å²) in [6.45, 7) is 4.22. The van der Waals surface area contributed by atoms with Gasteiger partial charge in [-0.2, -0.15) is 0 Å². The maximum absolute atomic E-state index is 13.1. The number of anilines is 1. The van der Waals surface area contributed by atoms with Crippen molar-refractivity contribution in [3.8, 4) is 11.1 Å². The summed E-state index contributed by atoms with van der Waals surface area (Å²) in [5.41, 5.74) is 8.42. The van der Waals surface area contributed by atoms with Crippen molar-refractivity contribution in [2.45, 2.75) is 47.9 Å². The highest BCUT2D eigenvalue weighted by Gasteiger charge is 2.39. The smallest absolute Gasteiger partial charge is 0.407 e. The first kappa shape index (κ1) is 26.7. The van der Waals surface area contributed by atoms with Crippen LogP contribution < -0.4 is 10.2 Å². The summed E-state index contributed by atoms with van der Waals surface area (Å²) in [6.07, 6.45) is 3.37. The summed E-state index contributed by atoms with van der Waals surface area (Å²) in [5.74, 6) is -0.00133. The van der Waals surface area contributed by atoms with Gasteiger partial charge in [-0.3, -0.25) is 4.79 Å². The summed E-state index contributed by atoms with van der Waals surface area (Å²) in [7, 11) is 0. The number of benzene rings is 3. The quantitative estimate of drug-likeness (QED) is 0.244. The Labute approximate surface area is 249 Å². The predicted molar refractivity (Wildman–Crippen MR) is 162 cm³/mol. The lowest BCUT2D eigenvalue weighted by Crippen LogP contribution is -2.37. The Morgan fingerprint density at radius 1 is 1.10 bits per heavy atom. The van der Waals surface area contributed by atoms with E-state index in [4.69, 9.17) is 9.47 Å². The molecule has 2 bridgehead atoms. The van der Waals surface area contributed by atoms with Crippen molar-refractivity contribution < 1.29 is 19.1 Å². The Morgan fingerprint density at radius 2 is 1.86 bits per heavy atom. The minimum Gasteiger partial charge on any atom is -0.449 e. The number of fused-ring (bicyclic) bond motifs is 5. The maximum atomic E-state index is 13.1. The van der Waals surface area contributed by atoms with Gasteiger partial charge in [0, 0.05) is 41.4 Å². The monoisotopic (exact) mass is 577 g/mol. The van der Waals surface area contributed by atoms with E-state index in [0.717, 1.165) is 47.6 Å². The third kappa shape index (κ3) is 4.95. The van der Waals surface area contributed by atoms with Crippen LogP contribution in [0.15, 0.2) is 88.9 Å². The highest BCUT2D eigenvalue weighted by Crippen LogP contribution is 2.44. The number of aldehydes is 1. The van der Waals surface area contributed by atoms with Crippen LogP contribution in [0.25, 0.3) is 11.1 Å². The Hall–Kier alpha value is -4.14. The van der Waals surface area contributed by atoms with Crippen LogP contribution in [0.1, 0.15) is 45.0 Å². The Morgan fingerprint density at radius 3 is 2.55 bits per heavy atom. The van der Waals surface area contributed by atoms with E-state index in [1.165, 1.54) is 34.0 Å². The third-order valence-electron chi connectivity index (χ3n) is 8.46. The van der Waals surface area contributed by atoms with Crippen LogP contribution in [0.4, 0.5) is 10.5 Å². The highest BCUT2D eigenvalue weighted by atomic mass is 32.2.